The Kier molecular flexibility index (Phi) is 2.27. The summed E-state index contributed by atoms with van der Waals surface area (Å²) in [7, 11) is 0. The van der Waals surface area contributed by atoms with Crippen LogP contribution >= 0.6 is 0 Å². The Balaban J connectivity index is 2.87. The minimum atomic E-state index is 0.704. The molecule has 1 aromatic carbocycles. The first-order valence-corrected chi connectivity index (χ1v) is 4.96. The van der Waals surface area contributed by atoms with Gasteiger partial charge in [-0.25, -0.2) is 0 Å². The highest BCUT2D eigenvalue weighted by molar-refractivity contribution is 5.89. The largest absolute Gasteiger partial charge is 0.298 e. The van der Waals surface area contributed by atoms with Gasteiger partial charge in [0.2, 0.25) is 0 Å². The van der Waals surface area contributed by atoms with E-state index < -0.39 is 0 Å². The van der Waals surface area contributed by atoms with Gasteiger partial charge in [0.1, 0.15) is 6.29 Å². The van der Waals surface area contributed by atoms with E-state index in [1.807, 2.05) is 19.1 Å². The Morgan fingerprint density at radius 1 is 1.13 bits per heavy atom. The maximum absolute atomic E-state index is 10.7. The van der Waals surface area contributed by atoms with E-state index in [1.165, 1.54) is 11.1 Å². The van der Waals surface area contributed by atoms with Crippen LogP contribution in [0.4, 0.5) is 0 Å². The molecule has 2 aromatic rings. The van der Waals surface area contributed by atoms with Gasteiger partial charge in [0.05, 0.1) is 5.52 Å². The maximum atomic E-state index is 10.7. The molecule has 0 radical (unpaired) electrons. The zero-order valence-corrected chi connectivity index (χ0v) is 9.16. The lowest BCUT2D eigenvalue weighted by molar-refractivity contribution is 0.112. The van der Waals surface area contributed by atoms with Crippen molar-refractivity contribution in [3.63, 3.8) is 0 Å². The van der Waals surface area contributed by atoms with E-state index in [0.717, 1.165) is 22.9 Å². The normalized spacial score (nSPS) is 10.6. The average molecular weight is 199 g/mol. The quantitative estimate of drug-likeness (QED) is 0.661. The van der Waals surface area contributed by atoms with Crippen LogP contribution in [-0.2, 0) is 0 Å². The van der Waals surface area contributed by atoms with Gasteiger partial charge in [0, 0.05) is 16.6 Å². The van der Waals surface area contributed by atoms with Crippen LogP contribution in [0.3, 0.4) is 0 Å². The number of aryl methyl sites for hydroxylation is 2. The highest BCUT2D eigenvalue weighted by Crippen LogP contribution is 2.22. The van der Waals surface area contributed by atoms with Crippen molar-refractivity contribution in [2.24, 2.45) is 0 Å². The van der Waals surface area contributed by atoms with Crippen molar-refractivity contribution in [3.8, 4) is 0 Å². The molecule has 0 saturated heterocycles. The molecule has 0 unspecified atom stereocenters. The fraction of sp³-hybridized carbons (Fsp3) is 0.231. The van der Waals surface area contributed by atoms with Crippen LogP contribution in [0, 0.1) is 20.8 Å². The van der Waals surface area contributed by atoms with Crippen molar-refractivity contribution < 1.29 is 4.79 Å². The molecular formula is C13H13NO. The Morgan fingerprint density at radius 3 is 2.53 bits per heavy atom. The molecule has 2 rings (SSSR count). The minimum Gasteiger partial charge on any atom is -0.298 e. The molecule has 1 heterocycles. The number of hydrogen-bond donors (Lipinski definition) is 0. The summed E-state index contributed by atoms with van der Waals surface area (Å²) in [6, 6.07) is 5.60. The van der Waals surface area contributed by atoms with Gasteiger partial charge in [-0.05, 0) is 50.1 Å². The van der Waals surface area contributed by atoms with E-state index in [4.69, 9.17) is 0 Å². The third-order valence-electron chi connectivity index (χ3n) is 2.95. The second kappa shape index (κ2) is 3.46. The van der Waals surface area contributed by atoms with Crippen molar-refractivity contribution >= 4 is 17.2 Å². The van der Waals surface area contributed by atoms with Crippen molar-refractivity contribution in [2.75, 3.05) is 0 Å². The van der Waals surface area contributed by atoms with Gasteiger partial charge >= 0.3 is 0 Å². The molecule has 0 N–H and O–H groups in total. The van der Waals surface area contributed by atoms with E-state index in [9.17, 15) is 4.79 Å². The maximum Gasteiger partial charge on any atom is 0.150 e. The minimum absolute atomic E-state index is 0.704. The number of fused-ring (bicyclic) bond motifs is 1. The van der Waals surface area contributed by atoms with Gasteiger partial charge in [0.25, 0.3) is 0 Å². The molecule has 76 valence electrons. The molecule has 15 heavy (non-hydrogen) atoms. The second-order valence-electron chi connectivity index (χ2n) is 3.84. The van der Waals surface area contributed by atoms with E-state index in [2.05, 4.69) is 18.8 Å². The second-order valence-corrected chi connectivity index (χ2v) is 3.84. The van der Waals surface area contributed by atoms with Crippen molar-refractivity contribution in [1.29, 1.82) is 0 Å². The smallest absolute Gasteiger partial charge is 0.150 e. The summed E-state index contributed by atoms with van der Waals surface area (Å²) in [4.78, 5) is 15.2. The van der Waals surface area contributed by atoms with Gasteiger partial charge in [-0.15, -0.1) is 0 Å². The van der Waals surface area contributed by atoms with Gasteiger partial charge in [0.15, 0.2) is 0 Å². The van der Waals surface area contributed by atoms with Crippen molar-refractivity contribution in [1.82, 2.24) is 4.98 Å². The van der Waals surface area contributed by atoms with Crippen molar-refractivity contribution in [2.45, 2.75) is 20.8 Å². The molecule has 0 aliphatic rings. The summed E-state index contributed by atoms with van der Waals surface area (Å²) < 4.78 is 0. The number of hydrogen-bond acceptors (Lipinski definition) is 2. The van der Waals surface area contributed by atoms with Crippen LogP contribution < -0.4 is 0 Å². The number of benzene rings is 1. The average Bonchev–Trinajstić information content (AvgIpc) is 2.26. The topological polar surface area (TPSA) is 30.0 Å². The number of rotatable bonds is 1. The highest BCUT2D eigenvalue weighted by Gasteiger charge is 2.05. The molecule has 0 saturated carbocycles. The molecule has 0 amide bonds. The van der Waals surface area contributed by atoms with Crippen LogP contribution in [-0.4, -0.2) is 11.3 Å². The summed E-state index contributed by atoms with van der Waals surface area (Å²) >= 11 is 0. The molecular weight excluding hydrogens is 186 g/mol. The Hall–Kier alpha value is -1.70. The first-order chi connectivity index (χ1) is 7.13. The van der Waals surface area contributed by atoms with E-state index in [1.54, 1.807) is 6.07 Å². The summed E-state index contributed by atoms with van der Waals surface area (Å²) in [5, 5.41) is 1.07. The number of aromatic nitrogens is 1. The van der Waals surface area contributed by atoms with Crippen LogP contribution in [0.15, 0.2) is 18.2 Å². The Bertz CT molecular complexity index is 544. The van der Waals surface area contributed by atoms with Gasteiger partial charge in [-0.2, -0.15) is 0 Å². The van der Waals surface area contributed by atoms with Crippen LogP contribution in [0.5, 0.6) is 0 Å². The highest BCUT2D eigenvalue weighted by atomic mass is 16.1. The lowest BCUT2D eigenvalue weighted by Gasteiger charge is -2.08. The molecule has 0 aliphatic carbocycles. The third kappa shape index (κ3) is 1.52. The van der Waals surface area contributed by atoms with Gasteiger partial charge < -0.3 is 0 Å². The molecule has 0 aliphatic heterocycles. The molecule has 2 nitrogen and oxygen atoms in total. The summed E-state index contributed by atoms with van der Waals surface area (Å²) in [6.45, 7) is 6.14. The summed E-state index contributed by atoms with van der Waals surface area (Å²) in [6.07, 6.45) is 0.869. The third-order valence-corrected chi connectivity index (χ3v) is 2.95. The van der Waals surface area contributed by atoms with Gasteiger partial charge in [-0.1, -0.05) is 0 Å². The van der Waals surface area contributed by atoms with E-state index in [0.29, 0.717) is 5.56 Å². The summed E-state index contributed by atoms with van der Waals surface area (Å²) in [5.41, 5.74) is 5.13. The number of pyridine rings is 1. The monoisotopic (exact) mass is 199 g/mol. The summed E-state index contributed by atoms with van der Waals surface area (Å²) in [5.74, 6) is 0. The lowest BCUT2D eigenvalue weighted by atomic mass is 10.0. The first-order valence-electron chi connectivity index (χ1n) is 4.96. The fourth-order valence-corrected chi connectivity index (χ4v) is 1.76. The number of aldehydes is 1. The zero-order chi connectivity index (χ0) is 11.0. The Labute approximate surface area is 89.0 Å². The van der Waals surface area contributed by atoms with Crippen molar-refractivity contribution in [3.05, 3.63) is 40.6 Å². The van der Waals surface area contributed by atoms with Crippen LogP contribution in [0.1, 0.15) is 27.2 Å². The van der Waals surface area contributed by atoms with E-state index >= 15 is 0 Å². The zero-order valence-electron chi connectivity index (χ0n) is 9.16. The number of nitrogens with zero attached hydrogens (tertiary/aromatic N) is 1. The Morgan fingerprint density at radius 2 is 1.87 bits per heavy atom. The van der Waals surface area contributed by atoms with Crippen LogP contribution in [0.25, 0.3) is 10.9 Å². The fourth-order valence-electron chi connectivity index (χ4n) is 1.76. The standard InChI is InChI=1S/C13H13NO/c1-8-9(2)12-6-11(7-15)4-5-13(12)14-10(8)3/h4-7H,1-3H3. The number of carbonyl (C=O) groups is 1. The number of carbonyl (C=O) groups excluding carboxylic acids is 1. The molecule has 0 spiro atoms. The molecule has 1 aromatic heterocycles. The van der Waals surface area contributed by atoms with E-state index in [-0.39, 0.29) is 0 Å². The molecule has 0 atom stereocenters. The van der Waals surface area contributed by atoms with Crippen LogP contribution in [0.2, 0.25) is 0 Å². The molecule has 0 bridgehead atoms. The predicted molar refractivity (Wildman–Crippen MR) is 61.3 cm³/mol. The molecule has 0 fully saturated rings. The van der Waals surface area contributed by atoms with Gasteiger partial charge in [-0.3, -0.25) is 9.78 Å². The first kappa shape index (κ1) is 9.84. The molecule has 2 heteroatoms. The predicted octanol–water partition coefficient (Wildman–Crippen LogP) is 2.97. The lowest BCUT2D eigenvalue weighted by Crippen LogP contribution is -1.94. The SMILES string of the molecule is Cc1nc2ccc(C=O)cc2c(C)c1C.